The second kappa shape index (κ2) is 16.1. The van der Waals surface area contributed by atoms with Gasteiger partial charge in [-0.05, 0) is 54.4 Å². The van der Waals surface area contributed by atoms with Crippen LogP contribution in [0.1, 0.15) is 52.5 Å². The minimum absolute atomic E-state index is 0.106. The Morgan fingerprint density at radius 2 is 1.38 bits per heavy atom. The number of rotatable bonds is 16. The van der Waals surface area contributed by atoms with Crippen LogP contribution < -0.4 is 21.7 Å². The fourth-order valence-electron chi connectivity index (χ4n) is 3.64. The predicted molar refractivity (Wildman–Crippen MR) is 145 cm³/mol. The summed E-state index contributed by atoms with van der Waals surface area (Å²) < 4.78 is 0. The van der Waals surface area contributed by atoms with Crippen molar-refractivity contribution in [1.29, 1.82) is 0 Å². The highest BCUT2D eigenvalue weighted by Gasteiger charge is 2.34. The van der Waals surface area contributed by atoms with Gasteiger partial charge in [-0.3, -0.25) is 14.4 Å². The average Bonchev–Trinajstić information content (AvgIpc) is 2.87. The average molecular weight is 539 g/mol. The molecule has 208 valence electrons. The number of benzene rings is 1. The quantitative estimate of drug-likeness (QED) is 0.184. The molecule has 1 aromatic rings. The van der Waals surface area contributed by atoms with Gasteiger partial charge < -0.3 is 31.9 Å². The van der Waals surface area contributed by atoms with E-state index < -0.39 is 47.9 Å². The number of carboxylic acids is 1. The van der Waals surface area contributed by atoms with Crippen LogP contribution in [-0.2, 0) is 25.6 Å². The van der Waals surface area contributed by atoms with Crippen LogP contribution in [-0.4, -0.2) is 70.1 Å². The molecule has 0 spiro atoms. The molecule has 0 aliphatic heterocycles. The van der Waals surface area contributed by atoms with Crippen molar-refractivity contribution in [2.75, 3.05) is 12.0 Å². The Morgan fingerprint density at radius 1 is 0.892 bits per heavy atom. The number of amides is 3. The molecule has 6 atom stereocenters. The molecule has 1 aromatic carbocycles. The van der Waals surface area contributed by atoms with Crippen molar-refractivity contribution in [3.63, 3.8) is 0 Å². The Bertz CT molecular complexity index is 898. The predicted octanol–water partition coefficient (Wildman–Crippen LogP) is 1.65. The molecular weight excluding hydrogens is 496 g/mol. The molecule has 3 amide bonds. The summed E-state index contributed by atoms with van der Waals surface area (Å²) in [5.41, 5.74) is 6.85. The van der Waals surface area contributed by atoms with Crippen molar-refractivity contribution >= 4 is 35.5 Å². The summed E-state index contributed by atoms with van der Waals surface area (Å²) in [6, 6.07) is 2.45. The topological polar surface area (TPSA) is 171 Å². The number of thioether (sulfide) groups is 1. The van der Waals surface area contributed by atoms with Crippen LogP contribution in [0.5, 0.6) is 5.75 Å². The van der Waals surface area contributed by atoms with Gasteiger partial charge >= 0.3 is 5.97 Å². The number of hydrogen-bond acceptors (Lipinski definition) is 7. The molecule has 0 heterocycles. The molecule has 0 aliphatic rings. The van der Waals surface area contributed by atoms with Crippen molar-refractivity contribution in [2.24, 2.45) is 17.6 Å². The van der Waals surface area contributed by atoms with Gasteiger partial charge in [0.15, 0.2) is 0 Å². The van der Waals surface area contributed by atoms with Gasteiger partial charge in [0.1, 0.15) is 23.9 Å². The summed E-state index contributed by atoms with van der Waals surface area (Å²) in [5.74, 6) is -2.61. The first-order chi connectivity index (χ1) is 17.4. The second-order valence-corrected chi connectivity index (χ2v) is 10.4. The van der Waals surface area contributed by atoms with Crippen molar-refractivity contribution in [1.82, 2.24) is 16.0 Å². The highest BCUT2D eigenvalue weighted by molar-refractivity contribution is 7.98. The van der Waals surface area contributed by atoms with Gasteiger partial charge in [0.2, 0.25) is 17.7 Å². The Kier molecular flexibility index (Phi) is 14.1. The maximum atomic E-state index is 13.3. The Labute approximate surface area is 223 Å². The molecule has 7 N–H and O–H groups in total. The van der Waals surface area contributed by atoms with Crippen molar-refractivity contribution in [3.8, 4) is 5.75 Å². The van der Waals surface area contributed by atoms with Gasteiger partial charge in [0.25, 0.3) is 0 Å². The fraction of sp³-hybridized carbons (Fsp3) is 0.615. The first-order valence-corrected chi connectivity index (χ1v) is 14.0. The zero-order chi connectivity index (χ0) is 28.1. The molecule has 0 saturated heterocycles. The lowest BCUT2D eigenvalue weighted by molar-refractivity contribution is -0.142. The van der Waals surface area contributed by atoms with Crippen LogP contribution in [0.3, 0.4) is 0 Å². The van der Waals surface area contributed by atoms with Crippen molar-refractivity contribution in [3.05, 3.63) is 29.8 Å². The summed E-state index contributed by atoms with van der Waals surface area (Å²) in [6.07, 6.45) is 3.47. The highest BCUT2D eigenvalue weighted by Crippen LogP contribution is 2.14. The maximum Gasteiger partial charge on any atom is 0.326 e. The molecule has 0 radical (unpaired) electrons. The lowest BCUT2D eigenvalue weighted by Crippen LogP contribution is -2.60. The first kappa shape index (κ1) is 32.2. The van der Waals surface area contributed by atoms with E-state index in [1.54, 1.807) is 19.1 Å². The van der Waals surface area contributed by atoms with E-state index in [0.717, 1.165) is 5.56 Å². The van der Waals surface area contributed by atoms with Crippen LogP contribution in [0.2, 0.25) is 0 Å². The zero-order valence-corrected chi connectivity index (χ0v) is 23.1. The monoisotopic (exact) mass is 538 g/mol. The van der Waals surface area contributed by atoms with Crippen LogP contribution in [0, 0.1) is 11.8 Å². The van der Waals surface area contributed by atoms with E-state index in [9.17, 15) is 29.4 Å². The third kappa shape index (κ3) is 10.6. The number of aromatic hydroxyl groups is 1. The molecule has 0 fully saturated rings. The number of nitrogens with two attached hydrogens (primary N) is 1. The van der Waals surface area contributed by atoms with Crippen LogP contribution in [0.4, 0.5) is 0 Å². The summed E-state index contributed by atoms with van der Waals surface area (Å²) in [4.78, 5) is 50.9. The van der Waals surface area contributed by atoms with E-state index in [-0.39, 0.29) is 30.4 Å². The van der Waals surface area contributed by atoms with Gasteiger partial charge in [-0.25, -0.2) is 4.79 Å². The number of hydrogen-bond donors (Lipinski definition) is 6. The second-order valence-electron chi connectivity index (χ2n) is 9.40. The molecule has 0 bridgehead atoms. The minimum Gasteiger partial charge on any atom is -0.508 e. The van der Waals surface area contributed by atoms with Gasteiger partial charge in [0.05, 0.1) is 6.04 Å². The minimum atomic E-state index is -1.14. The SMILES string of the molecule is CCC(C)C(NC(=O)C(N)Cc1ccc(O)cc1)C(=O)NC(C(=O)NC(CCSC)C(=O)O)C(C)CC. The molecule has 11 heteroatoms. The maximum absolute atomic E-state index is 13.3. The number of aliphatic carboxylic acids is 1. The molecule has 0 saturated carbocycles. The molecular formula is C26H42N4O6S. The van der Waals surface area contributed by atoms with E-state index in [4.69, 9.17) is 5.73 Å². The molecule has 6 unspecified atom stereocenters. The molecule has 0 aromatic heterocycles. The van der Waals surface area contributed by atoms with Gasteiger partial charge in [-0.15, -0.1) is 0 Å². The van der Waals surface area contributed by atoms with E-state index in [0.29, 0.717) is 18.6 Å². The van der Waals surface area contributed by atoms with E-state index in [1.807, 2.05) is 27.0 Å². The molecule has 10 nitrogen and oxygen atoms in total. The summed E-state index contributed by atoms with van der Waals surface area (Å²) in [5, 5.41) is 27.0. The Hall–Kier alpha value is -2.79. The number of nitrogens with one attached hydrogen (secondary N) is 3. The number of phenolic OH excluding ortho intramolecular Hbond substituents is 1. The highest BCUT2D eigenvalue weighted by atomic mass is 32.2. The third-order valence-electron chi connectivity index (χ3n) is 6.54. The standard InChI is InChI=1S/C26H42N4O6S/c1-6-15(3)21(24(33)28-20(26(35)36)12-13-37-5)30-25(34)22(16(4)7-2)29-23(32)19(27)14-17-8-10-18(31)11-9-17/h8-11,15-16,19-22,31H,6-7,12-14,27H2,1-5H3,(H,28,33)(H,29,32)(H,30,34)(H,35,36). The lowest BCUT2D eigenvalue weighted by Gasteiger charge is -2.30. The zero-order valence-electron chi connectivity index (χ0n) is 22.3. The number of carbonyl (C=O) groups excluding carboxylic acids is 3. The van der Waals surface area contributed by atoms with E-state index in [1.165, 1.54) is 23.9 Å². The number of carboxylic acid groups (broad SMARTS) is 1. The van der Waals surface area contributed by atoms with Crippen molar-refractivity contribution < 1.29 is 29.4 Å². The number of carbonyl (C=O) groups is 4. The molecule has 1 rings (SSSR count). The third-order valence-corrected chi connectivity index (χ3v) is 7.18. The van der Waals surface area contributed by atoms with E-state index in [2.05, 4.69) is 16.0 Å². The van der Waals surface area contributed by atoms with Gasteiger partial charge in [-0.2, -0.15) is 11.8 Å². The number of phenols is 1. The van der Waals surface area contributed by atoms with Crippen LogP contribution >= 0.6 is 11.8 Å². The van der Waals surface area contributed by atoms with Crippen molar-refractivity contribution in [2.45, 2.75) is 77.5 Å². The van der Waals surface area contributed by atoms with Gasteiger partial charge in [-0.1, -0.05) is 52.7 Å². The Morgan fingerprint density at radius 3 is 1.84 bits per heavy atom. The largest absolute Gasteiger partial charge is 0.508 e. The normalized spacial score (nSPS) is 15.9. The summed E-state index contributed by atoms with van der Waals surface area (Å²) >= 11 is 1.48. The molecule has 37 heavy (non-hydrogen) atoms. The molecule has 0 aliphatic carbocycles. The summed E-state index contributed by atoms with van der Waals surface area (Å²) in [7, 11) is 0. The smallest absolute Gasteiger partial charge is 0.326 e. The van der Waals surface area contributed by atoms with Crippen LogP contribution in [0.25, 0.3) is 0 Å². The summed E-state index contributed by atoms with van der Waals surface area (Å²) in [6.45, 7) is 7.37. The first-order valence-electron chi connectivity index (χ1n) is 12.6. The lowest BCUT2D eigenvalue weighted by atomic mass is 9.94. The fourth-order valence-corrected chi connectivity index (χ4v) is 4.11. The van der Waals surface area contributed by atoms with E-state index >= 15 is 0 Å². The van der Waals surface area contributed by atoms with Crippen LogP contribution in [0.15, 0.2) is 24.3 Å². The van der Waals surface area contributed by atoms with Gasteiger partial charge in [0, 0.05) is 0 Å². The Balaban J connectivity index is 2.99.